The lowest BCUT2D eigenvalue weighted by Crippen LogP contribution is -2.41. The largest absolute Gasteiger partial charge is 0.427 e. The van der Waals surface area contributed by atoms with Gasteiger partial charge in [0.2, 0.25) is 5.95 Å². The van der Waals surface area contributed by atoms with E-state index in [-0.39, 0.29) is 6.10 Å². The number of halogens is 1. The Labute approximate surface area is 238 Å². The van der Waals surface area contributed by atoms with Crippen LogP contribution >= 0.6 is 11.6 Å². The maximum absolute atomic E-state index is 11.8. The number of hydroxylamine groups is 1. The summed E-state index contributed by atoms with van der Waals surface area (Å²) in [7, 11) is 0. The maximum Gasteiger partial charge on any atom is 0.427 e. The molecule has 0 radical (unpaired) electrons. The molecule has 4 aliphatic rings. The van der Waals surface area contributed by atoms with Gasteiger partial charge in [-0.05, 0) is 62.5 Å². The molecule has 2 aliphatic heterocycles. The summed E-state index contributed by atoms with van der Waals surface area (Å²) < 4.78 is 8.70. The van der Waals surface area contributed by atoms with Gasteiger partial charge in [-0.15, -0.1) is 5.48 Å². The second-order valence-electron chi connectivity index (χ2n) is 11.8. The summed E-state index contributed by atoms with van der Waals surface area (Å²) in [6.45, 7) is 4.95. The molecule has 2 saturated carbocycles. The van der Waals surface area contributed by atoms with Crippen molar-refractivity contribution in [2.75, 3.05) is 18.1 Å². The number of rotatable bonds is 5. The zero-order valence-corrected chi connectivity index (χ0v) is 23.6. The van der Waals surface area contributed by atoms with Gasteiger partial charge in [0, 0.05) is 37.7 Å². The summed E-state index contributed by atoms with van der Waals surface area (Å²) in [5.74, 6) is 2.35. The van der Waals surface area contributed by atoms with Crippen molar-refractivity contribution in [3.63, 3.8) is 0 Å². The molecule has 2 aliphatic carbocycles. The number of nitrogens with one attached hydrogen (secondary N) is 2. The molecule has 3 unspecified atom stereocenters. The molecule has 1 amide bonds. The van der Waals surface area contributed by atoms with Crippen molar-refractivity contribution in [3.05, 3.63) is 35.2 Å². The van der Waals surface area contributed by atoms with Crippen molar-refractivity contribution in [1.82, 2.24) is 30.3 Å². The highest BCUT2D eigenvalue weighted by molar-refractivity contribution is 6.30. The summed E-state index contributed by atoms with van der Waals surface area (Å²) in [4.78, 5) is 34.1. The molecule has 0 spiro atoms. The fourth-order valence-corrected chi connectivity index (χ4v) is 7.15. The molecule has 10 nitrogen and oxygen atoms in total. The monoisotopic (exact) mass is 565 g/mol. The standard InChI is InChI=1S/C29H36ClN7O3/c1-17-6-8-18(9-7-17)16-37-26-21(33-28(37)36-10-3-11-39-24-5-2-4-23(24)36)13-22(27-34-29(38)40-35-27)32-25(26)19-12-20(30)15-31-14-19/h12-15,17-18,23-24,27,35H,2-11,16H2,1H3,(H,34,38). The number of amides is 1. The molecule has 3 aromatic heterocycles. The molecule has 212 valence electrons. The van der Waals surface area contributed by atoms with Crippen LogP contribution in [-0.2, 0) is 16.1 Å². The van der Waals surface area contributed by atoms with Gasteiger partial charge in [0.1, 0.15) is 0 Å². The van der Waals surface area contributed by atoms with Crippen molar-refractivity contribution in [1.29, 1.82) is 0 Å². The van der Waals surface area contributed by atoms with Crippen molar-refractivity contribution >= 4 is 34.7 Å². The van der Waals surface area contributed by atoms with Crippen molar-refractivity contribution in [2.45, 2.75) is 83.1 Å². The van der Waals surface area contributed by atoms with Crippen molar-refractivity contribution < 1.29 is 14.4 Å². The molecule has 4 fully saturated rings. The molecular weight excluding hydrogens is 530 g/mol. The number of fused-ring (bicyclic) bond motifs is 2. The molecule has 3 aromatic rings. The van der Waals surface area contributed by atoms with E-state index in [4.69, 9.17) is 31.1 Å². The summed E-state index contributed by atoms with van der Waals surface area (Å²) in [5.41, 5.74) is 6.74. The molecule has 5 heterocycles. The number of carbonyl (C=O) groups excluding carboxylic acids is 1. The SMILES string of the molecule is CC1CCC(Cn2c(N3CCCOC4CCCC43)nc3cc(C4NOC(=O)N4)nc(-c4cncc(Cl)c4)c32)CC1. The number of carbonyl (C=O) groups is 1. The predicted molar refractivity (Wildman–Crippen MR) is 152 cm³/mol. The van der Waals surface area contributed by atoms with Gasteiger partial charge in [-0.25, -0.2) is 14.8 Å². The van der Waals surface area contributed by atoms with Crippen LogP contribution in [0.5, 0.6) is 0 Å². The number of nitrogens with zero attached hydrogens (tertiary/aromatic N) is 5. The quantitative estimate of drug-likeness (QED) is 0.425. The Bertz CT molecular complexity index is 1410. The Kier molecular flexibility index (Phi) is 7.01. The van der Waals surface area contributed by atoms with E-state index in [0.29, 0.717) is 22.7 Å². The highest BCUT2D eigenvalue weighted by Crippen LogP contribution is 2.39. The minimum absolute atomic E-state index is 0.242. The molecule has 0 bridgehead atoms. The third-order valence-corrected chi connectivity index (χ3v) is 9.26. The number of anilines is 1. The summed E-state index contributed by atoms with van der Waals surface area (Å²) in [6, 6.07) is 4.17. The Hall–Kier alpha value is -2.95. The Balaban J connectivity index is 1.42. The Morgan fingerprint density at radius 2 is 1.95 bits per heavy atom. The summed E-state index contributed by atoms with van der Waals surface area (Å²) in [6.07, 6.45) is 11.8. The van der Waals surface area contributed by atoms with Crippen LogP contribution < -0.4 is 15.7 Å². The van der Waals surface area contributed by atoms with Gasteiger partial charge in [-0.2, -0.15) is 0 Å². The first-order valence-electron chi connectivity index (χ1n) is 14.7. The average Bonchev–Trinajstić information content (AvgIpc) is 3.66. The fraction of sp³-hybridized carbons (Fsp3) is 0.586. The highest BCUT2D eigenvalue weighted by Gasteiger charge is 2.38. The van der Waals surface area contributed by atoms with E-state index in [1.54, 1.807) is 12.4 Å². The second-order valence-corrected chi connectivity index (χ2v) is 12.3. The zero-order valence-electron chi connectivity index (χ0n) is 22.8. The molecule has 11 heteroatoms. The van der Waals surface area contributed by atoms with Gasteiger partial charge in [-0.3, -0.25) is 10.3 Å². The number of hydrogen-bond acceptors (Lipinski definition) is 8. The first-order valence-corrected chi connectivity index (χ1v) is 15.0. The van der Waals surface area contributed by atoms with E-state index in [9.17, 15) is 4.79 Å². The topological polar surface area (TPSA) is 106 Å². The lowest BCUT2D eigenvalue weighted by atomic mass is 9.83. The van der Waals surface area contributed by atoms with Gasteiger partial charge in [-0.1, -0.05) is 31.4 Å². The normalized spacial score (nSPS) is 28.8. The van der Waals surface area contributed by atoms with Crippen molar-refractivity contribution in [3.8, 4) is 11.3 Å². The van der Waals surface area contributed by atoms with Crippen LogP contribution in [0, 0.1) is 11.8 Å². The molecule has 40 heavy (non-hydrogen) atoms. The number of ether oxygens (including phenoxy) is 1. The third kappa shape index (κ3) is 4.90. The first-order chi connectivity index (χ1) is 19.5. The van der Waals surface area contributed by atoms with E-state index >= 15 is 0 Å². The second kappa shape index (κ2) is 10.8. The number of pyridine rings is 2. The maximum atomic E-state index is 11.8. The molecule has 7 rings (SSSR count). The van der Waals surface area contributed by atoms with Crippen LogP contribution in [-0.4, -0.2) is 50.9 Å². The number of hydrogen-bond donors (Lipinski definition) is 2. The van der Waals surface area contributed by atoms with E-state index in [0.717, 1.165) is 73.1 Å². The molecule has 0 aromatic carbocycles. The van der Waals surface area contributed by atoms with E-state index in [2.05, 4.69) is 32.2 Å². The van der Waals surface area contributed by atoms with Gasteiger partial charge in [0.15, 0.2) is 6.17 Å². The fourth-order valence-electron chi connectivity index (χ4n) is 6.98. The Morgan fingerprint density at radius 3 is 2.75 bits per heavy atom. The lowest BCUT2D eigenvalue weighted by Gasteiger charge is -2.33. The summed E-state index contributed by atoms with van der Waals surface area (Å²) >= 11 is 6.42. The van der Waals surface area contributed by atoms with Gasteiger partial charge < -0.3 is 19.0 Å². The summed E-state index contributed by atoms with van der Waals surface area (Å²) in [5, 5.41) is 3.32. The molecule has 2 saturated heterocycles. The predicted octanol–water partition coefficient (Wildman–Crippen LogP) is 5.36. The van der Waals surface area contributed by atoms with E-state index in [1.807, 2.05) is 12.1 Å². The minimum atomic E-state index is -0.581. The molecule has 3 atom stereocenters. The third-order valence-electron chi connectivity index (χ3n) is 9.06. The van der Waals surface area contributed by atoms with Crippen LogP contribution in [0.4, 0.5) is 10.7 Å². The zero-order chi connectivity index (χ0) is 27.2. The van der Waals surface area contributed by atoms with Gasteiger partial charge in [0.05, 0.1) is 39.6 Å². The van der Waals surface area contributed by atoms with E-state index < -0.39 is 12.3 Å². The number of imidazole rings is 1. The van der Waals surface area contributed by atoms with Gasteiger partial charge >= 0.3 is 6.09 Å². The smallest absolute Gasteiger partial charge is 0.376 e. The first kappa shape index (κ1) is 26.0. The van der Waals surface area contributed by atoms with Crippen LogP contribution in [0.3, 0.4) is 0 Å². The highest BCUT2D eigenvalue weighted by atomic mass is 35.5. The van der Waals surface area contributed by atoms with Crippen LogP contribution in [0.1, 0.15) is 70.2 Å². The van der Waals surface area contributed by atoms with Gasteiger partial charge in [0.25, 0.3) is 0 Å². The number of aromatic nitrogens is 4. The van der Waals surface area contributed by atoms with Crippen LogP contribution in [0.15, 0.2) is 24.5 Å². The lowest BCUT2D eigenvalue weighted by molar-refractivity contribution is 0.0589. The van der Waals surface area contributed by atoms with Crippen LogP contribution in [0.2, 0.25) is 5.02 Å². The van der Waals surface area contributed by atoms with Crippen molar-refractivity contribution in [2.24, 2.45) is 11.8 Å². The minimum Gasteiger partial charge on any atom is -0.376 e. The molecule has 2 N–H and O–H groups in total. The molecular formula is C29H36ClN7O3. The average molecular weight is 566 g/mol. The van der Waals surface area contributed by atoms with E-state index in [1.165, 1.54) is 32.1 Å². The Morgan fingerprint density at radius 1 is 1.07 bits per heavy atom. The van der Waals surface area contributed by atoms with Crippen LogP contribution in [0.25, 0.3) is 22.3 Å².